The summed E-state index contributed by atoms with van der Waals surface area (Å²) in [5.74, 6) is 0.245. The normalized spacial score (nSPS) is 18.2. The molecule has 0 spiro atoms. The molecule has 3 unspecified atom stereocenters. The minimum absolute atomic E-state index is 0.0990. The molecule has 0 radical (unpaired) electrons. The van der Waals surface area contributed by atoms with Crippen molar-refractivity contribution in [1.82, 2.24) is 9.62 Å². The lowest BCUT2D eigenvalue weighted by molar-refractivity contribution is -0.138. The van der Waals surface area contributed by atoms with Gasteiger partial charge in [-0.25, -0.2) is 13.7 Å². The molecular formula is C24H25ClN2O5S. The van der Waals surface area contributed by atoms with E-state index in [1.807, 2.05) is 18.2 Å². The molecule has 1 fully saturated rings. The van der Waals surface area contributed by atoms with Crippen LogP contribution in [0.1, 0.15) is 19.8 Å². The van der Waals surface area contributed by atoms with Crippen LogP contribution in [0.25, 0.3) is 22.1 Å². The van der Waals surface area contributed by atoms with Crippen molar-refractivity contribution in [2.45, 2.75) is 31.1 Å². The van der Waals surface area contributed by atoms with E-state index in [1.165, 1.54) is 6.07 Å². The Morgan fingerprint density at radius 1 is 1.24 bits per heavy atom. The van der Waals surface area contributed by atoms with Gasteiger partial charge in [0, 0.05) is 46.8 Å². The molecule has 1 saturated heterocycles. The lowest BCUT2D eigenvalue weighted by Gasteiger charge is -2.33. The number of amides is 1. The SMILES string of the molecule is CNS(=O)C1CCCN(C(=O)C(C)Oc2ccc3c(-c4ccccc4Cl)cc(=O)oc3c2)C1. The highest BCUT2D eigenvalue weighted by Gasteiger charge is 2.30. The number of halogens is 1. The summed E-state index contributed by atoms with van der Waals surface area (Å²) in [6.45, 7) is 2.72. The number of nitrogens with one attached hydrogen (secondary N) is 1. The average molecular weight is 489 g/mol. The summed E-state index contributed by atoms with van der Waals surface area (Å²) in [4.78, 5) is 26.9. The maximum atomic E-state index is 12.9. The van der Waals surface area contributed by atoms with Gasteiger partial charge in [0.25, 0.3) is 5.91 Å². The van der Waals surface area contributed by atoms with Crippen molar-refractivity contribution in [3.63, 3.8) is 0 Å². The van der Waals surface area contributed by atoms with Crippen molar-refractivity contribution in [3.8, 4) is 16.9 Å². The van der Waals surface area contributed by atoms with E-state index in [2.05, 4.69) is 4.72 Å². The molecular weight excluding hydrogens is 464 g/mol. The molecule has 3 aromatic rings. The highest BCUT2D eigenvalue weighted by molar-refractivity contribution is 7.83. The van der Waals surface area contributed by atoms with E-state index in [0.717, 1.165) is 18.4 Å². The number of hydrogen-bond acceptors (Lipinski definition) is 5. The van der Waals surface area contributed by atoms with Crippen molar-refractivity contribution in [1.29, 1.82) is 0 Å². The van der Waals surface area contributed by atoms with Crippen molar-refractivity contribution in [2.24, 2.45) is 0 Å². The molecule has 7 nitrogen and oxygen atoms in total. The van der Waals surface area contributed by atoms with E-state index in [4.69, 9.17) is 20.8 Å². The van der Waals surface area contributed by atoms with Crippen LogP contribution in [-0.2, 0) is 15.8 Å². The molecule has 2 heterocycles. The smallest absolute Gasteiger partial charge is 0.336 e. The third-order valence-electron chi connectivity index (χ3n) is 5.73. The fourth-order valence-electron chi connectivity index (χ4n) is 4.11. The molecule has 33 heavy (non-hydrogen) atoms. The number of likely N-dealkylation sites (tertiary alicyclic amines) is 1. The Labute approximate surface area is 199 Å². The summed E-state index contributed by atoms with van der Waals surface area (Å²) in [6.07, 6.45) is 0.856. The fourth-order valence-corrected chi connectivity index (χ4v) is 5.38. The highest BCUT2D eigenvalue weighted by Crippen LogP contribution is 2.34. The molecule has 1 aliphatic heterocycles. The predicted molar refractivity (Wildman–Crippen MR) is 130 cm³/mol. The first-order chi connectivity index (χ1) is 15.9. The van der Waals surface area contributed by atoms with Gasteiger partial charge in [-0.15, -0.1) is 0 Å². The van der Waals surface area contributed by atoms with E-state index in [1.54, 1.807) is 43.1 Å². The van der Waals surface area contributed by atoms with Crippen molar-refractivity contribution in [2.75, 3.05) is 20.1 Å². The van der Waals surface area contributed by atoms with Crippen LogP contribution in [-0.4, -0.2) is 46.5 Å². The Hall–Kier alpha value is -2.68. The highest BCUT2D eigenvalue weighted by atomic mass is 35.5. The van der Waals surface area contributed by atoms with Crippen LogP contribution in [0.4, 0.5) is 0 Å². The van der Waals surface area contributed by atoms with E-state index in [0.29, 0.717) is 40.4 Å². The molecule has 1 aliphatic rings. The molecule has 0 bridgehead atoms. The number of carbonyl (C=O) groups is 1. The number of fused-ring (bicyclic) bond motifs is 1. The molecule has 0 aliphatic carbocycles. The minimum atomic E-state index is -1.18. The predicted octanol–water partition coefficient (Wildman–Crippen LogP) is 3.75. The summed E-state index contributed by atoms with van der Waals surface area (Å²) in [7, 11) is 0.475. The minimum Gasteiger partial charge on any atom is -0.481 e. The van der Waals surface area contributed by atoms with Gasteiger partial charge in [-0.1, -0.05) is 29.8 Å². The van der Waals surface area contributed by atoms with Crippen molar-refractivity contribution >= 4 is 39.5 Å². The summed E-state index contributed by atoms with van der Waals surface area (Å²) in [5, 5.41) is 1.14. The zero-order chi connectivity index (χ0) is 23.5. The molecule has 0 saturated carbocycles. The molecule has 1 amide bonds. The first-order valence-corrected chi connectivity index (χ1v) is 12.3. The first-order valence-electron chi connectivity index (χ1n) is 10.7. The number of benzene rings is 2. The molecule has 2 aromatic carbocycles. The summed E-state index contributed by atoms with van der Waals surface area (Å²) in [6, 6.07) is 13.8. The van der Waals surface area contributed by atoms with Crippen molar-refractivity contribution < 1.29 is 18.2 Å². The monoisotopic (exact) mass is 488 g/mol. The standard InChI is InChI=1S/C24H25ClN2O5S/c1-15(24(29)27-11-5-6-17(14-27)33(30)26-2)31-16-9-10-19-20(13-23(28)32-22(19)12-16)18-7-3-4-8-21(18)25/h3-4,7-10,12-13,15,17,26H,5-6,11,14H2,1-2H3. The Morgan fingerprint density at radius 3 is 2.79 bits per heavy atom. The fraction of sp³-hybridized carbons (Fsp3) is 0.333. The molecule has 1 N–H and O–H groups in total. The largest absolute Gasteiger partial charge is 0.481 e. The lowest BCUT2D eigenvalue weighted by atomic mass is 10.0. The van der Waals surface area contributed by atoms with Crippen LogP contribution in [0.15, 0.2) is 57.7 Å². The van der Waals surface area contributed by atoms with E-state index < -0.39 is 22.7 Å². The van der Waals surface area contributed by atoms with Gasteiger partial charge in [-0.3, -0.25) is 4.79 Å². The van der Waals surface area contributed by atoms with Gasteiger partial charge >= 0.3 is 5.63 Å². The second kappa shape index (κ2) is 10.1. The Bertz CT molecular complexity index is 1260. The number of piperidine rings is 1. The summed E-state index contributed by atoms with van der Waals surface area (Å²) >= 11 is 6.34. The van der Waals surface area contributed by atoms with Crippen LogP contribution in [0.5, 0.6) is 5.75 Å². The zero-order valence-electron chi connectivity index (χ0n) is 18.4. The van der Waals surface area contributed by atoms with Crippen LogP contribution >= 0.6 is 11.6 Å². The average Bonchev–Trinajstić information content (AvgIpc) is 2.82. The Balaban J connectivity index is 1.56. The van der Waals surface area contributed by atoms with E-state index in [-0.39, 0.29) is 11.2 Å². The summed E-state index contributed by atoms with van der Waals surface area (Å²) < 4.78 is 26.1. The third-order valence-corrected chi connectivity index (χ3v) is 7.46. The number of ether oxygens (including phenoxy) is 1. The quantitative estimate of drug-likeness (QED) is 0.534. The number of carbonyl (C=O) groups excluding carboxylic acids is 1. The van der Waals surface area contributed by atoms with Gasteiger partial charge in [0.15, 0.2) is 6.10 Å². The van der Waals surface area contributed by atoms with Gasteiger partial charge in [0.2, 0.25) is 0 Å². The van der Waals surface area contributed by atoms with Crippen LogP contribution < -0.4 is 15.1 Å². The van der Waals surface area contributed by atoms with Gasteiger partial charge in [-0.2, -0.15) is 0 Å². The van der Waals surface area contributed by atoms with Crippen LogP contribution in [0.3, 0.4) is 0 Å². The summed E-state index contributed by atoms with van der Waals surface area (Å²) in [5.41, 5.74) is 1.24. The number of nitrogens with zero attached hydrogens (tertiary/aromatic N) is 1. The van der Waals surface area contributed by atoms with Crippen molar-refractivity contribution in [3.05, 3.63) is 64.0 Å². The number of hydrogen-bond donors (Lipinski definition) is 1. The van der Waals surface area contributed by atoms with Gasteiger partial charge in [0.05, 0.1) is 16.2 Å². The van der Waals surface area contributed by atoms with Gasteiger partial charge < -0.3 is 14.1 Å². The zero-order valence-corrected chi connectivity index (χ0v) is 19.9. The number of rotatable bonds is 6. The lowest BCUT2D eigenvalue weighted by Crippen LogP contribution is -2.49. The van der Waals surface area contributed by atoms with E-state index in [9.17, 15) is 13.8 Å². The van der Waals surface area contributed by atoms with E-state index >= 15 is 0 Å². The Morgan fingerprint density at radius 2 is 2.03 bits per heavy atom. The molecule has 1 aromatic heterocycles. The molecule has 3 atom stereocenters. The van der Waals surface area contributed by atoms with Gasteiger partial charge in [-0.05, 0) is 45.0 Å². The molecule has 174 valence electrons. The third kappa shape index (κ3) is 5.13. The molecule has 9 heteroatoms. The Kier molecular flexibility index (Phi) is 7.17. The van der Waals surface area contributed by atoms with Crippen LogP contribution in [0, 0.1) is 0 Å². The first kappa shape index (κ1) is 23.5. The maximum Gasteiger partial charge on any atom is 0.336 e. The second-order valence-corrected chi connectivity index (χ2v) is 10.0. The van der Waals surface area contributed by atoms with Gasteiger partial charge in [0.1, 0.15) is 11.3 Å². The maximum absolute atomic E-state index is 12.9. The molecule has 4 rings (SSSR count). The van der Waals surface area contributed by atoms with Crippen LogP contribution in [0.2, 0.25) is 5.02 Å². The second-order valence-electron chi connectivity index (χ2n) is 7.93. The topological polar surface area (TPSA) is 88.9 Å².